The van der Waals surface area contributed by atoms with Gasteiger partial charge in [-0.2, -0.15) is 13.2 Å². The molecule has 0 spiro atoms. The maximum atomic E-state index is 13.1. The number of halogens is 4. The Kier molecular flexibility index (Phi) is 8.46. The van der Waals surface area contributed by atoms with Crippen LogP contribution < -0.4 is 4.72 Å². The first-order chi connectivity index (χ1) is 17.7. The van der Waals surface area contributed by atoms with Crippen molar-refractivity contribution in [2.24, 2.45) is 0 Å². The molecule has 8 heteroatoms. The van der Waals surface area contributed by atoms with Crippen molar-refractivity contribution in [1.82, 2.24) is 0 Å². The maximum Gasteiger partial charge on any atom is 0.416 e. The molecule has 0 saturated heterocycles. The highest BCUT2D eigenvalue weighted by atomic mass is 35.5. The second-order valence-corrected chi connectivity index (χ2v) is 10.0. The van der Waals surface area contributed by atoms with E-state index in [0.29, 0.717) is 16.1 Å². The Hall–Kier alpha value is -3.42. The molecule has 0 fully saturated rings. The van der Waals surface area contributed by atoms with Crippen molar-refractivity contribution < 1.29 is 22.2 Å². The van der Waals surface area contributed by atoms with E-state index in [1.165, 1.54) is 6.07 Å². The van der Waals surface area contributed by atoms with Crippen LogP contribution in [0.1, 0.15) is 23.1 Å². The van der Waals surface area contributed by atoms with Gasteiger partial charge in [0.05, 0.1) is 10.5 Å². The molecule has 0 saturated carbocycles. The number of benzene rings is 4. The van der Waals surface area contributed by atoms with E-state index < -0.39 is 22.7 Å². The van der Waals surface area contributed by atoms with Crippen molar-refractivity contribution in [2.75, 3.05) is 4.72 Å². The molecule has 1 atom stereocenters. The summed E-state index contributed by atoms with van der Waals surface area (Å²) in [4.78, 5) is 13.1. The summed E-state index contributed by atoms with van der Waals surface area (Å²) in [7, 11) is -1.51. The molecule has 0 aliphatic rings. The van der Waals surface area contributed by atoms with Gasteiger partial charge >= 0.3 is 6.18 Å². The van der Waals surface area contributed by atoms with Crippen molar-refractivity contribution in [3.63, 3.8) is 0 Å². The summed E-state index contributed by atoms with van der Waals surface area (Å²) in [6, 6.07) is 27.3. The molecular formula is C29H23ClF3NO2S. The van der Waals surface area contributed by atoms with Gasteiger partial charge in [0.15, 0.2) is 11.0 Å². The molecule has 0 aliphatic carbocycles. The Morgan fingerprint density at radius 2 is 1.54 bits per heavy atom. The fraction of sp³-hybridized carbons (Fsp3) is 0.138. The van der Waals surface area contributed by atoms with Crippen molar-refractivity contribution in [2.45, 2.75) is 30.3 Å². The maximum absolute atomic E-state index is 13.1. The lowest BCUT2D eigenvalue weighted by molar-refractivity contribution is -0.137. The van der Waals surface area contributed by atoms with Crippen molar-refractivity contribution in [3.05, 3.63) is 119 Å². The molecule has 0 amide bonds. The number of carbonyl (C=O) groups excluding carboxylic acids is 1. The SMILES string of the molecule is O=C(CCc1cc(C(F)(F)F)ccc1Cl)Cc1ccc(NS(=O)c2ccccc2-c2ccccc2)cc1. The van der Waals surface area contributed by atoms with Gasteiger partial charge in [-0.1, -0.05) is 72.3 Å². The van der Waals surface area contributed by atoms with E-state index >= 15 is 0 Å². The summed E-state index contributed by atoms with van der Waals surface area (Å²) in [6.45, 7) is 0. The van der Waals surface area contributed by atoms with Crippen molar-refractivity contribution in [1.29, 1.82) is 0 Å². The first-order valence-electron chi connectivity index (χ1n) is 11.5. The summed E-state index contributed by atoms with van der Waals surface area (Å²) in [5, 5.41) is 0.207. The number of hydrogen-bond acceptors (Lipinski definition) is 2. The Bertz CT molecular complexity index is 1410. The molecule has 37 heavy (non-hydrogen) atoms. The lowest BCUT2D eigenvalue weighted by atomic mass is 10.0. The molecule has 4 aromatic carbocycles. The molecule has 1 unspecified atom stereocenters. The van der Waals surface area contributed by atoms with E-state index in [0.717, 1.165) is 28.8 Å². The van der Waals surface area contributed by atoms with Crippen LogP contribution in [0, 0.1) is 0 Å². The molecule has 0 bridgehead atoms. The predicted molar refractivity (Wildman–Crippen MR) is 142 cm³/mol. The van der Waals surface area contributed by atoms with Crippen LogP contribution in [0.5, 0.6) is 0 Å². The summed E-state index contributed by atoms with van der Waals surface area (Å²) in [6.07, 6.45) is -4.13. The van der Waals surface area contributed by atoms with Crippen LogP contribution >= 0.6 is 11.6 Å². The van der Waals surface area contributed by atoms with E-state index in [-0.39, 0.29) is 30.1 Å². The predicted octanol–water partition coefficient (Wildman–Crippen LogP) is 7.90. The molecule has 0 aliphatic heterocycles. The third-order valence-electron chi connectivity index (χ3n) is 5.78. The van der Waals surface area contributed by atoms with Crippen LogP contribution in [0.4, 0.5) is 18.9 Å². The number of anilines is 1. The van der Waals surface area contributed by atoms with Gasteiger partial charge in [0, 0.05) is 23.6 Å². The minimum absolute atomic E-state index is 0.0708. The van der Waals surface area contributed by atoms with Crippen LogP contribution in [0.25, 0.3) is 11.1 Å². The number of rotatable bonds is 9. The molecule has 1 N–H and O–H groups in total. The fourth-order valence-electron chi connectivity index (χ4n) is 3.87. The Balaban J connectivity index is 1.36. The fourth-order valence-corrected chi connectivity index (χ4v) is 5.13. The standard InChI is InChI=1S/C29H23ClF3NO2S/c30-27-17-13-23(29(31,32)33)19-22(27)12-16-25(35)18-20-10-14-24(15-11-20)34-37(36)28-9-5-4-8-26(28)21-6-2-1-3-7-21/h1-11,13-15,17,19,34H,12,16,18H2. The van der Waals surface area contributed by atoms with Gasteiger partial charge in [-0.3, -0.25) is 4.79 Å². The minimum Gasteiger partial charge on any atom is -0.301 e. The largest absolute Gasteiger partial charge is 0.416 e. The van der Waals surface area contributed by atoms with E-state index in [2.05, 4.69) is 4.72 Å². The summed E-state index contributed by atoms with van der Waals surface area (Å²) >= 11 is 6.03. The van der Waals surface area contributed by atoms with Gasteiger partial charge in [0.25, 0.3) is 0 Å². The van der Waals surface area contributed by atoms with Crippen LogP contribution in [0.2, 0.25) is 5.02 Å². The zero-order valence-corrected chi connectivity index (χ0v) is 21.2. The van der Waals surface area contributed by atoms with E-state index in [4.69, 9.17) is 11.6 Å². The topological polar surface area (TPSA) is 46.2 Å². The highest BCUT2D eigenvalue weighted by Gasteiger charge is 2.30. The molecule has 0 heterocycles. The van der Waals surface area contributed by atoms with Crippen LogP contribution in [0.3, 0.4) is 0 Å². The van der Waals surface area contributed by atoms with Crippen LogP contribution in [-0.4, -0.2) is 9.99 Å². The minimum atomic E-state index is -4.47. The van der Waals surface area contributed by atoms with Crippen molar-refractivity contribution in [3.8, 4) is 11.1 Å². The van der Waals surface area contributed by atoms with Gasteiger partial charge in [-0.25, -0.2) is 4.21 Å². The summed E-state index contributed by atoms with van der Waals surface area (Å²) < 4.78 is 54.9. The average Bonchev–Trinajstić information content (AvgIpc) is 2.89. The number of Topliss-reactive ketones (excluding diaryl/α,β-unsaturated/α-hetero) is 1. The van der Waals surface area contributed by atoms with E-state index in [9.17, 15) is 22.2 Å². The molecule has 190 valence electrons. The molecule has 3 nitrogen and oxygen atoms in total. The van der Waals surface area contributed by atoms with Crippen molar-refractivity contribution >= 4 is 34.1 Å². The van der Waals surface area contributed by atoms with Gasteiger partial charge < -0.3 is 4.72 Å². The first kappa shape index (κ1) is 26.6. The normalized spacial score (nSPS) is 12.2. The van der Waals surface area contributed by atoms with Crippen LogP contribution in [0.15, 0.2) is 102 Å². The molecular weight excluding hydrogens is 519 g/mol. The highest BCUT2D eigenvalue weighted by Crippen LogP contribution is 2.32. The second kappa shape index (κ2) is 11.8. The van der Waals surface area contributed by atoms with Crippen LogP contribution in [-0.2, 0) is 34.8 Å². The lowest BCUT2D eigenvalue weighted by Gasteiger charge is -2.12. The van der Waals surface area contributed by atoms with E-state index in [1.54, 1.807) is 24.3 Å². The lowest BCUT2D eigenvalue weighted by Crippen LogP contribution is -2.08. The third kappa shape index (κ3) is 7.08. The summed E-state index contributed by atoms with van der Waals surface area (Å²) in [5.74, 6) is -0.116. The van der Waals surface area contributed by atoms with Gasteiger partial charge in [0.2, 0.25) is 0 Å². The smallest absolute Gasteiger partial charge is 0.301 e. The first-order valence-corrected chi connectivity index (χ1v) is 13.0. The summed E-state index contributed by atoms with van der Waals surface area (Å²) in [5.41, 5.74) is 2.73. The monoisotopic (exact) mass is 541 g/mol. The zero-order chi connectivity index (χ0) is 26.4. The third-order valence-corrected chi connectivity index (χ3v) is 7.33. The van der Waals surface area contributed by atoms with E-state index in [1.807, 2.05) is 54.6 Å². The average molecular weight is 542 g/mol. The number of ketones is 1. The number of carbonyl (C=O) groups is 1. The van der Waals surface area contributed by atoms with Gasteiger partial charge in [0.1, 0.15) is 5.78 Å². The number of aryl methyl sites for hydroxylation is 1. The molecule has 0 aromatic heterocycles. The number of hydrogen-bond donors (Lipinski definition) is 1. The Labute approximate surface area is 220 Å². The highest BCUT2D eigenvalue weighted by molar-refractivity contribution is 7.86. The Morgan fingerprint density at radius 1 is 0.865 bits per heavy atom. The Morgan fingerprint density at radius 3 is 2.24 bits per heavy atom. The van der Waals surface area contributed by atoms with Gasteiger partial charge in [-0.15, -0.1) is 0 Å². The second-order valence-electron chi connectivity index (χ2n) is 8.45. The number of alkyl halides is 3. The quantitative estimate of drug-likeness (QED) is 0.234. The van der Waals surface area contributed by atoms with Gasteiger partial charge in [-0.05, 0) is 65.1 Å². The zero-order valence-electron chi connectivity index (χ0n) is 19.6. The molecule has 4 rings (SSSR count). The molecule has 4 aromatic rings. The number of nitrogens with one attached hydrogen (secondary N) is 1. The molecule has 0 radical (unpaired) electrons.